The molecule has 0 bridgehead atoms. The van der Waals surface area contributed by atoms with E-state index in [1.807, 2.05) is 0 Å². The number of hydrogen-bond acceptors (Lipinski definition) is 3. The van der Waals surface area contributed by atoms with Gasteiger partial charge in [-0.25, -0.2) is 14.1 Å². The van der Waals surface area contributed by atoms with Gasteiger partial charge in [-0.2, -0.15) is 0 Å². The molecule has 0 aromatic heterocycles. The Hall–Kier alpha value is -2.80. The molecule has 7 heteroatoms. The number of nitrogens with zero attached hydrogens (tertiary/aromatic N) is 1. The molecule has 1 N–H and O–H groups in total. The number of nitrogens with one attached hydrogen (secondary N) is 1. The summed E-state index contributed by atoms with van der Waals surface area (Å²) < 4.78 is 14.2. The second-order valence-electron chi connectivity index (χ2n) is 4.99. The van der Waals surface area contributed by atoms with Gasteiger partial charge in [0.15, 0.2) is 0 Å². The lowest BCUT2D eigenvalue weighted by molar-refractivity contribution is -0.122. The van der Waals surface area contributed by atoms with Crippen LogP contribution in [-0.2, 0) is 9.59 Å². The Morgan fingerprint density at radius 1 is 1.04 bits per heavy atom. The van der Waals surface area contributed by atoms with Gasteiger partial charge >= 0.3 is 6.03 Å². The topological polar surface area (TPSA) is 66.5 Å². The van der Waals surface area contributed by atoms with Crippen molar-refractivity contribution in [1.82, 2.24) is 5.32 Å². The molecule has 0 radical (unpaired) electrons. The van der Waals surface area contributed by atoms with Crippen LogP contribution >= 0.6 is 15.9 Å². The van der Waals surface area contributed by atoms with Crippen molar-refractivity contribution in [2.45, 2.75) is 0 Å². The molecule has 0 unspecified atom stereocenters. The van der Waals surface area contributed by atoms with Gasteiger partial charge in [0, 0.05) is 4.47 Å². The van der Waals surface area contributed by atoms with Crippen LogP contribution < -0.4 is 10.2 Å². The maximum absolute atomic E-state index is 13.4. The molecular weight excluding hydrogens is 379 g/mol. The van der Waals surface area contributed by atoms with Crippen molar-refractivity contribution < 1.29 is 18.8 Å². The average molecular weight is 389 g/mol. The van der Waals surface area contributed by atoms with E-state index in [-0.39, 0.29) is 11.3 Å². The van der Waals surface area contributed by atoms with Crippen LogP contribution in [-0.4, -0.2) is 17.8 Å². The Morgan fingerprint density at radius 3 is 2.50 bits per heavy atom. The number of amides is 4. The first-order chi connectivity index (χ1) is 11.5. The molecule has 1 fully saturated rings. The minimum absolute atomic E-state index is 0.0464. The lowest BCUT2D eigenvalue weighted by Gasteiger charge is -2.26. The fourth-order valence-electron chi connectivity index (χ4n) is 2.27. The van der Waals surface area contributed by atoms with E-state index in [0.29, 0.717) is 5.56 Å². The highest BCUT2D eigenvalue weighted by Gasteiger charge is 2.36. The highest BCUT2D eigenvalue weighted by Crippen LogP contribution is 2.23. The molecule has 3 rings (SSSR count). The van der Waals surface area contributed by atoms with Gasteiger partial charge in [0.25, 0.3) is 11.8 Å². The van der Waals surface area contributed by atoms with Crippen LogP contribution in [0.4, 0.5) is 14.9 Å². The third kappa shape index (κ3) is 3.11. The van der Waals surface area contributed by atoms with Crippen LogP contribution in [0.25, 0.3) is 6.08 Å². The van der Waals surface area contributed by atoms with Crippen LogP contribution in [0.1, 0.15) is 5.56 Å². The number of benzene rings is 2. The third-order valence-electron chi connectivity index (χ3n) is 3.33. The van der Waals surface area contributed by atoms with E-state index in [2.05, 4.69) is 21.2 Å². The van der Waals surface area contributed by atoms with Crippen molar-refractivity contribution in [2.75, 3.05) is 4.90 Å². The van der Waals surface area contributed by atoms with Crippen molar-refractivity contribution in [3.63, 3.8) is 0 Å². The predicted molar refractivity (Wildman–Crippen MR) is 89.5 cm³/mol. The summed E-state index contributed by atoms with van der Waals surface area (Å²) in [7, 11) is 0. The summed E-state index contributed by atoms with van der Waals surface area (Å²) in [4.78, 5) is 37.3. The van der Waals surface area contributed by atoms with E-state index in [1.165, 1.54) is 24.3 Å². The first-order valence-corrected chi connectivity index (χ1v) is 7.67. The number of carbonyl (C=O) groups is 3. The zero-order chi connectivity index (χ0) is 17.3. The number of urea groups is 1. The number of carbonyl (C=O) groups excluding carboxylic acids is 3. The highest BCUT2D eigenvalue weighted by atomic mass is 79.9. The fourth-order valence-corrected chi connectivity index (χ4v) is 2.69. The van der Waals surface area contributed by atoms with Gasteiger partial charge in [0.05, 0.1) is 5.69 Å². The van der Waals surface area contributed by atoms with Gasteiger partial charge in [-0.05, 0) is 42.0 Å². The van der Waals surface area contributed by atoms with Crippen LogP contribution in [0.3, 0.4) is 0 Å². The number of rotatable bonds is 2. The molecule has 1 aliphatic heterocycles. The number of hydrogen-bond donors (Lipinski definition) is 1. The molecule has 0 aliphatic carbocycles. The largest absolute Gasteiger partial charge is 0.335 e. The van der Waals surface area contributed by atoms with E-state index >= 15 is 0 Å². The summed E-state index contributed by atoms with van der Waals surface area (Å²) in [6.45, 7) is 0. The van der Waals surface area contributed by atoms with Gasteiger partial charge in [-0.3, -0.25) is 14.9 Å². The van der Waals surface area contributed by atoms with Gasteiger partial charge < -0.3 is 0 Å². The Kier molecular flexibility index (Phi) is 4.26. The Bertz CT molecular complexity index is 895. The summed E-state index contributed by atoms with van der Waals surface area (Å²) in [6.07, 6.45) is 1.38. The van der Waals surface area contributed by atoms with E-state index < -0.39 is 23.7 Å². The normalized spacial score (nSPS) is 16.5. The summed E-state index contributed by atoms with van der Waals surface area (Å²) in [5.74, 6) is -2.20. The van der Waals surface area contributed by atoms with Crippen molar-refractivity contribution >= 4 is 45.5 Å². The molecule has 4 amide bonds. The Balaban J connectivity index is 2.03. The third-order valence-corrected chi connectivity index (χ3v) is 3.82. The zero-order valence-electron chi connectivity index (χ0n) is 12.1. The molecule has 1 aliphatic rings. The minimum Gasteiger partial charge on any atom is -0.273 e. The first kappa shape index (κ1) is 16.1. The van der Waals surface area contributed by atoms with Crippen LogP contribution in [0.5, 0.6) is 0 Å². The molecule has 0 atom stereocenters. The second kappa shape index (κ2) is 6.37. The maximum atomic E-state index is 13.4. The molecule has 2 aromatic carbocycles. The maximum Gasteiger partial charge on any atom is 0.335 e. The van der Waals surface area contributed by atoms with Crippen LogP contribution in [0.15, 0.2) is 58.6 Å². The molecule has 120 valence electrons. The zero-order valence-corrected chi connectivity index (χ0v) is 13.7. The van der Waals surface area contributed by atoms with E-state index in [9.17, 15) is 18.8 Å². The lowest BCUT2D eigenvalue weighted by atomic mass is 10.1. The summed E-state index contributed by atoms with van der Waals surface area (Å²) in [5.41, 5.74) is 0.443. The predicted octanol–water partition coefficient (Wildman–Crippen LogP) is 3.25. The van der Waals surface area contributed by atoms with Gasteiger partial charge in [-0.15, -0.1) is 0 Å². The molecule has 24 heavy (non-hydrogen) atoms. The number of imide groups is 2. The smallest absolute Gasteiger partial charge is 0.273 e. The fraction of sp³-hybridized carbons (Fsp3) is 0. The summed E-state index contributed by atoms with van der Waals surface area (Å²) in [6, 6.07) is 11.1. The molecule has 2 aromatic rings. The lowest BCUT2D eigenvalue weighted by Crippen LogP contribution is -2.54. The average Bonchev–Trinajstić information content (AvgIpc) is 2.51. The Morgan fingerprint density at radius 2 is 1.79 bits per heavy atom. The van der Waals surface area contributed by atoms with E-state index in [1.54, 1.807) is 24.3 Å². The molecule has 1 heterocycles. The number of halogens is 2. The molecule has 0 spiro atoms. The van der Waals surface area contributed by atoms with Gasteiger partial charge in [0.1, 0.15) is 11.4 Å². The summed E-state index contributed by atoms with van der Waals surface area (Å²) in [5, 5.41) is 2.09. The van der Waals surface area contributed by atoms with Crippen molar-refractivity contribution in [2.24, 2.45) is 0 Å². The highest BCUT2D eigenvalue weighted by molar-refractivity contribution is 9.10. The first-order valence-electron chi connectivity index (χ1n) is 6.88. The number of barbiturate groups is 1. The SMILES string of the molecule is O=C1NC(=O)N(c2cccc(F)c2)C(=O)/C1=C/c1cccc(Br)c1. The van der Waals surface area contributed by atoms with E-state index in [4.69, 9.17) is 0 Å². The summed E-state index contributed by atoms with van der Waals surface area (Å²) >= 11 is 3.30. The quantitative estimate of drug-likeness (QED) is 0.634. The molecular formula is C17H10BrFN2O3. The molecule has 5 nitrogen and oxygen atoms in total. The monoisotopic (exact) mass is 388 g/mol. The van der Waals surface area contributed by atoms with Crippen molar-refractivity contribution in [1.29, 1.82) is 0 Å². The van der Waals surface area contributed by atoms with Crippen LogP contribution in [0, 0.1) is 5.82 Å². The van der Waals surface area contributed by atoms with Gasteiger partial charge in [-0.1, -0.05) is 34.1 Å². The molecule has 0 saturated carbocycles. The van der Waals surface area contributed by atoms with E-state index in [0.717, 1.165) is 15.4 Å². The second-order valence-corrected chi connectivity index (χ2v) is 5.91. The Labute approximate surface area is 144 Å². The molecule has 1 saturated heterocycles. The van der Waals surface area contributed by atoms with Crippen LogP contribution in [0.2, 0.25) is 0 Å². The minimum atomic E-state index is -0.915. The van der Waals surface area contributed by atoms with Crippen molar-refractivity contribution in [3.05, 3.63) is 70.0 Å². The number of anilines is 1. The van der Waals surface area contributed by atoms with Gasteiger partial charge in [0.2, 0.25) is 0 Å². The standard InChI is InChI=1S/C17H10BrFN2O3/c18-11-4-1-3-10(7-11)8-14-15(22)20-17(24)21(16(14)23)13-6-2-5-12(19)9-13/h1-9H,(H,20,22,24)/b14-8+. The van der Waals surface area contributed by atoms with Crippen molar-refractivity contribution in [3.8, 4) is 0 Å².